The van der Waals surface area contributed by atoms with Gasteiger partial charge in [0.1, 0.15) is 5.60 Å². The molecule has 5 nitrogen and oxygen atoms in total. The van der Waals surface area contributed by atoms with Gasteiger partial charge in [-0.05, 0) is 32.9 Å². The van der Waals surface area contributed by atoms with E-state index in [0.717, 1.165) is 0 Å². The minimum atomic E-state index is -3.49. The number of hydrogen-bond acceptors (Lipinski definition) is 5. The van der Waals surface area contributed by atoms with E-state index >= 15 is 0 Å². The molecule has 0 unspecified atom stereocenters. The van der Waals surface area contributed by atoms with Crippen molar-refractivity contribution in [1.82, 2.24) is 4.98 Å². The highest BCUT2D eigenvalue weighted by molar-refractivity contribution is 7.91. The molecule has 0 N–H and O–H groups in total. The molecule has 18 heavy (non-hydrogen) atoms. The maximum Gasteiger partial charge on any atom is 0.358 e. The van der Waals surface area contributed by atoms with Crippen LogP contribution in [0, 0.1) is 0 Å². The van der Waals surface area contributed by atoms with Crippen LogP contribution in [0.2, 0.25) is 0 Å². The van der Waals surface area contributed by atoms with Gasteiger partial charge in [-0.25, -0.2) is 18.2 Å². The Hall–Kier alpha value is -1.43. The van der Waals surface area contributed by atoms with Crippen molar-refractivity contribution < 1.29 is 17.9 Å². The Bertz CT molecular complexity index is 543. The molecule has 6 heteroatoms. The largest absolute Gasteiger partial charge is 0.455 e. The third-order valence-electron chi connectivity index (χ3n) is 2.08. The van der Waals surface area contributed by atoms with E-state index in [2.05, 4.69) is 4.98 Å². The summed E-state index contributed by atoms with van der Waals surface area (Å²) in [5.74, 6) is -0.816. The number of aromatic nitrogens is 1. The average molecular weight is 271 g/mol. The van der Waals surface area contributed by atoms with E-state index in [1.807, 2.05) is 0 Å². The van der Waals surface area contributed by atoms with E-state index in [1.165, 1.54) is 25.3 Å². The molecule has 0 fully saturated rings. The Kier molecular flexibility index (Phi) is 4.11. The third kappa shape index (κ3) is 3.53. The summed E-state index contributed by atoms with van der Waals surface area (Å²) in [6, 6.07) is 2.85. The highest BCUT2D eigenvalue weighted by Gasteiger charge is 2.26. The molecule has 0 atom stereocenters. The topological polar surface area (TPSA) is 73.3 Å². The second kappa shape index (κ2) is 5.06. The van der Waals surface area contributed by atoms with Crippen molar-refractivity contribution in [2.45, 2.75) is 38.2 Å². The summed E-state index contributed by atoms with van der Waals surface area (Å²) < 4.78 is 28.8. The molecule has 1 heterocycles. The SMILES string of the molecule is CCS(=O)(=O)c1cccnc1C(=O)OC(C)(C)C. The summed E-state index contributed by atoms with van der Waals surface area (Å²) in [4.78, 5) is 15.6. The summed E-state index contributed by atoms with van der Waals surface area (Å²) in [5, 5.41) is 0. The average Bonchev–Trinajstić information content (AvgIpc) is 2.27. The molecule has 100 valence electrons. The molecule has 0 saturated carbocycles. The van der Waals surface area contributed by atoms with Gasteiger partial charge in [-0.1, -0.05) is 6.92 Å². The van der Waals surface area contributed by atoms with Crippen molar-refractivity contribution in [2.24, 2.45) is 0 Å². The van der Waals surface area contributed by atoms with Gasteiger partial charge in [0, 0.05) is 6.20 Å². The first kappa shape index (κ1) is 14.6. The number of nitrogens with zero attached hydrogens (tertiary/aromatic N) is 1. The highest BCUT2D eigenvalue weighted by atomic mass is 32.2. The van der Waals surface area contributed by atoms with Crippen LogP contribution in [0.4, 0.5) is 0 Å². The summed E-state index contributed by atoms with van der Waals surface area (Å²) in [6.07, 6.45) is 1.37. The minimum absolute atomic E-state index is 0.0817. The van der Waals surface area contributed by atoms with Gasteiger partial charge >= 0.3 is 5.97 Å². The van der Waals surface area contributed by atoms with Gasteiger partial charge in [-0.3, -0.25) is 0 Å². The molecule has 1 aromatic rings. The fourth-order valence-electron chi connectivity index (χ4n) is 1.28. The Morgan fingerprint density at radius 3 is 2.50 bits per heavy atom. The number of hydrogen-bond donors (Lipinski definition) is 0. The van der Waals surface area contributed by atoms with Crippen LogP contribution in [0.5, 0.6) is 0 Å². The lowest BCUT2D eigenvalue weighted by Crippen LogP contribution is -2.26. The molecule has 0 aliphatic heterocycles. The van der Waals surface area contributed by atoms with Crippen LogP contribution < -0.4 is 0 Å². The van der Waals surface area contributed by atoms with Crippen molar-refractivity contribution in [3.63, 3.8) is 0 Å². The fourth-order valence-corrected chi connectivity index (χ4v) is 2.30. The van der Waals surface area contributed by atoms with Crippen LogP contribution >= 0.6 is 0 Å². The number of ether oxygens (including phenoxy) is 1. The van der Waals surface area contributed by atoms with Crippen LogP contribution in [0.15, 0.2) is 23.2 Å². The monoisotopic (exact) mass is 271 g/mol. The zero-order chi connectivity index (χ0) is 14.0. The maximum atomic E-state index is 11.9. The van der Waals surface area contributed by atoms with Crippen molar-refractivity contribution in [2.75, 3.05) is 5.75 Å². The van der Waals surface area contributed by atoms with E-state index in [4.69, 9.17) is 4.74 Å². The Morgan fingerprint density at radius 2 is 2.00 bits per heavy atom. The van der Waals surface area contributed by atoms with Crippen LogP contribution in [-0.4, -0.2) is 30.7 Å². The molecule has 1 aromatic heterocycles. The van der Waals surface area contributed by atoms with E-state index < -0.39 is 21.4 Å². The molecule has 0 aromatic carbocycles. The minimum Gasteiger partial charge on any atom is -0.455 e. The second-order valence-corrected chi connectivity index (χ2v) is 7.00. The van der Waals surface area contributed by atoms with E-state index in [9.17, 15) is 13.2 Å². The first-order valence-electron chi connectivity index (χ1n) is 5.58. The Labute approximate surface area is 107 Å². The molecule has 1 rings (SSSR count). The predicted molar refractivity (Wildman–Crippen MR) is 67.1 cm³/mol. The van der Waals surface area contributed by atoms with Crippen LogP contribution in [-0.2, 0) is 14.6 Å². The molecule has 0 amide bonds. The zero-order valence-electron chi connectivity index (χ0n) is 10.9. The van der Waals surface area contributed by atoms with Crippen LogP contribution in [0.1, 0.15) is 38.2 Å². The number of rotatable bonds is 3. The lowest BCUT2D eigenvalue weighted by Gasteiger charge is -2.19. The summed E-state index contributed by atoms with van der Waals surface area (Å²) in [7, 11) is -3.49. The number of sulfone groups is 1. The van der Waals surface area contributed by atoms with Crippen molar-refractivity contribution in [1.29, 1.82) is 0 Å². The second-order valence-electron chi connectivity index (χ2n) is 4.76. The van der Waals surface area contributed by atoms with E-state index in [-0.39, 0.29) is 16.3 Å². The van der Waals surface area contributed by atoms with Gasteiger partial charge in [0.15, 0.2) is 15.5 Å². The normalized spacial score (nSPS) is 12.2. The maximum absolute atomic E-state index is 11.9. The molecule has 0 spiro atoms. The first-order chi connectivity index (χ1) is 8.17. The van der Waals surface area contributed by atoms with Gasteiger partial charge in [0.2, 0.25) is 0 Å². The van der Waals surface area contributed by atoms with E-state index in [1.54, 1.807) is 20.8 Å². The highest BCUT2D eigenvalue weighted by Crippen LogP contribution is 2.18. The number of carbonyl (C=O) groups excluding carboxylic acids is 1. The molecular weight excluding hydrogens is 254 g/mol. The first-order valence-corrected chi connectivity index (χ1v) is 7.24. The van der Waals surface area contributed by atoms with Gasteiger partial charge in [0.25, 0.3) is 0 Å². The Morgan fingerprint density at radius 1 is 1.39 bits per heavy atom. The smallest absolute Gasteiger partial charge is 0.358 e. The van der Waals surface area contributed by atoms with Crippen molar-refractivity contribution in [3.05, 3.63) is 24.0 Å². The van der Waals surface area contributed by atoms with Gasteiger partial charge in [-0.2, -0.15) is 0 Å². The van der Waals surface area contributed by atoms with E-state index in [0.29, 0.717) is 0 Å². The van der Waals surface area contributed by atoms with Crippen LogP contribution in [0.25, 0.3) is 0 Å². The molecule has 0 saturated heterocycles. The standard InChI is InChI=1S/C12H17NO4S/c1-5-18(15,16)9-7-6-8-13-10(9)11(14)17-12(2,3)4/h6-8H,5H2,1-4H3. The molecular formula is C12H17NO4S. The van der Waals surface area contributed by atoms with Gasteiger partial charge in [-0.15, -0.1) is 0 Å². The zero-order valence-corrected chi connectivity index (χ0v) is 11.7. The predicted octanol–water partition coefficient (Wildman–Crippen LogP) is 1.83. The molecule has 0 bridgehead atoms. The van der Waals surface area contributed by atoms with Gasteiger partial charge < -0.3 is 4.74 Å². The summed E-state index contributed by atoms with van der Waals surface area (Å²) in [6.45, 7) is 6.65. The lowest BCUT2D eigenvalue weighted by molar-refractivity contribution is 0.00580. The number of esters is 1. The summed E-state index contributed by atoms with van der Waals surface area (Å²) in [5.41, 5.74) is -0.851. The van der Waals surface area contributed by atoms with Crippen molar-refractivity contribution >= 4 is 15.8 Å². The molecule has 0 aliphatic rings. The third-order valence-corrected chi connectivity index (χ3v) is 3.84. The Balaban J connectivity index is 3.23. The van der Waals surface area contributed by atoms with Crippen LogP contribution in [0.3, 0.4) is 0 Å². The lowest BCUT2D eigenvalue weighted by atomic mass is 10.2. The van der Waals surface area contributed by atoms with Crippen molar-refractivity contribution in [3.8, 4) is 0 Å². The quantitative estimate of drug-likeness (QED) is 0.784. The fraction of sp³-hybridized carbons (Fsp3) is 0.500. The molecule has 0 aliphatic carbocycles. The number of pyridine rings is 1. The molecule has 0 radical (unpaired) electrons. The van der Waals surface area contributed by atoms with Gasteiger partial charge in [0.05, 0.1) is 10.6 Å². The summed E-state index contributed by atoms with van der Waals surface area (Å²) >= 11 is 0. The number of carbonyl (C=O) groups is 1.